The second-order valence-corrected chi connectivity index (χ2v) is 12.4. The minimum absolute atomic E-state index is 0.1000. The Hall–Kier alpha value is -2.57. The van der Waals surface area contributed by atoms with Gasteiger partial charge in [0.05, 0.1) is 29.6 Å². The molecule has 3 rings (SSSR count). The molecule has 0 radical (unpaired) electrons. The van der Waals surface area contributed by atoms with Crippen molar-refractivity contribution < 1.29 is 28.5 Å². The maximum Gasteiger partial charge on any atom is 0.311 e. The summed E-state index contributed by atoms with van der Waals surface area (Å²) < 4.78 is 23.4. The number of rotatable bonds is 8. The Morgan fingerprint density at radius 3 is 2.21 bits per heavy atom. The van der Waals surface area contributed by atoms with Crippen molar-refractivity contribution in [3.8, 4) is 5.75 Å². The van der Waals surface area contributed by atoms with E-state index in [-0.39, 0.29) is 30.8 Å². The Labute approximate surface area is 231 Å². The van der Waals surface area contributed by atoms with Gasteiger partial charge in [0.25, 0.3) is 0 Å². The lowest BCUT2D eigenvalue weighted by Crippen LogP contribution is -2.39. The summed E-state index contributed by atoms with van der Waals surface area (Å²) in [4.78, 5) is 25.0. The van der Waals surface area contributed by atoms with Gasteiger partial charge in [0, 0.05) is 17.9 Å². The molecule has 1 aliphatic rings. The molecule has 0 aromatic heterocycles. The molecule has 0 aliphatic carbocycles. The zero-order chi connectivity index (χ0) is 28.1. The van der Waals surface area contributed by atoms with Crippen molar-refractivity contribution in [1.82, 2.24) is 0 Å². The van der Waals surface area contributed by atoms with Crippen LogP contribution in [0.1, 0.15) is 84.1 Å². The van der Waals surface area contributed by atoms with E-state index in [2.05, 4.69) is 6.07 Å². The van der Waals surface area contributed by atoms with Crippen molar-refractivity contribution in [3.05, 3.63) is 64.2 Å². The number of hydrogen-bond acceptors (Lipinski definition) is 6. The highest BCUT2D eigenvalue weighted by Crippen LogP contribution is 2.36. The van der Waals surface area contributed by atoms with E-state index in [1.807, 2.05) is 84.9 Å². The average Bonchev–Trinajstić information content (AvgIpc) is 2.84. The summed E-state index contributed by atoms with van der Waals surface area (Å²) >= 11 is 6.58. The van der Waals surface area contributed by atoms with Crippen LogP contribution in [0.15, 0.2) is 42.5 Å². The van der Waals surface area contributed by atoms with Crippen molar-refractivity contribution in [1.29, 1.82) is 0 Å². The fourth-order valence-electron chi connectivity index (χ4n) is 4.12. The van der Waals surface area contributed by atoms with Gasteiger partial charge in [0.2, 0.25) is 0 Å². The molecule has 0 amide bonds. The van der Waals surface area contributed by atoms with Crippen LogP contribution in [0.3, 0.4) is 0 Å². The second-order valence-electron chi connectivity index (χ2n) is 11.9. The zero-order valence-electron chi connectivity index (χ0n) is 23.6. The Morgan fingerprint density at radius 1 is 0.947 bits per heavy atom. The molecule has 208 valence electrons. The van der Waals surface area contributed by atoms with Crippen LogP contribution < -0.4 is 4.74 Å². The summed E-state index contributed by atoms with van der Waals surface area (Å²) in [6.45, 7) is 13.6. The van der Waals surface area contributed by atoms with Gasteiger partial charge >= 0.3 is 11.9 Å². The van der Waals surface area contributed by atoms with Crippen molar-refractivity contribution in [3.63, 3.8) is 0 Å². The molecular weight excluding hydrogens is 504 g/mol. The van der Waals surface area contributed by atoms with Gasteiger partial charge in [0.15, 0.2) is 0 Å². The Morgan fingerprint density at radius 2 is 1.61 bits per heavy atom. The van der Waals surface area contributed by atoms with Gasteiger partial charge in [-0.2, -0.15) is 0 Å². The molecule has 38 heavy (non-hydrogen) atoms. The highest BCUT2D eigenvalue weighted by molar-refractivity contribution is 6.31. The molecule has 3 unspecified atom stereocenters. The molecule has 1 aliphatic heterocycles. The third-order valence-electron chi connectivity index (χ3n) is 6.33. The van der Waals surface area contributed by atoms with Crippen LogP contribution in [0.4, 0.5) is 0 Å². The first-order valence-electron chi connectivity index (χ1n) is 13.3. The minimum atomic E-state index is -0.618. The van der Waals surface area contributed by atoms with Crippen LogP contribution in [0.5, 0.6) is 5.75 Å². The molecule has 1 fully saturated rings. The van der Waals surface area contributed by atoms with Crippen molar-refractivity contribution >= 4 is 23.5 Å². The Balaban J connectivity index is 1.80. The predicted molar refractivity (Wildman–Crippen MR) is 148 cm³/mol. The van der Waals surface area contributed by atoms with Gasteiger partial charge in [-0.15, -0.1) is 0 Å². The van der Waals surface area contributed by atoms with Crippen LogP contribution in [0.2, 0.25) is 5.02 Å². The normalized spacial score (nSPS) is 20.1. The largest absolute Gasteiger partial charge is 0.494 e. The minimum Gasteiger partial charge on any atom is -0.494 e. The smallest absolute Gasteiger partial charge is 0.311 e. The first kappa shape index (κ1) is 30.0. The number of ether oxygens (including phenoxy) is 4. The Bertz CT molecular complexity index is 1100. The van der Waals surface area contributed by atoms with Crippen molar-refractivity contribution in [2.24, 2.45) is 10.8 Å². The molecule has 7 heteroatoms. The third-order valence-corrected chi connectivity index (χ3v) is 6.70. The van der Waals surface area contributed by atoms with Crippen molar-refractivity contribution in [2.45, 2.75) is 86.0 Å². The van der Waals surface area contributed by atoms with Crippen molar-refractivity contribution in [2.75, 3.05) is 13.2 Å². The van der Waals surface area contributed by atoms with E-state index < -0.39 is 16.9 Å². The summed E-state index contributed by atoms with van der Waals surface area (Å²) in [7, 11) is 0. The van der Waals surface area contributed by atoms with Crippen LogP contribution in [0, 0.1) is 10.8 Å². The van der Waals surface area contributed by atoms with Crippen LogP contribution in [-0.4, -0.2) is 37.4 Å². The van der Waals surface area contributed by atoms with E-state index in [1.165, 1.54) is 0 Å². The molecular formula is C31H41ClO6. The molecule has 0 bridgehead atoms. The quantitative estimate of drug-likeness (QED) is 0.330. The van der Waals surface area contributed by atoms with E-state index in [4.69, 9.17) is 30.5 Å². The molecule has 1 heterocycles. The summed E-state index contributed by atoms with van der Waals surface area (Å²) in [6.07, 6.45) is 0.530. The first-order chi connectivity index (χ1) is 17.8. The standard InChI is InChI=1S/C31H41ClO6/c1-8-35-23-12-9-20(10-13-23)15-22-16-21(11-14-26(22)32)27-18-24(38-29(34)31(5,6)7)17-25(37-27)19-36-28(33)30(2,3)4/h9-14,16,24-25,27H,8,15,17-19H2,1-7H3. The maximum atomic E-state index is 12.7. The highest BCUT2D eigenvalue weighted by Gasteiger charge is 2.36. The SMILES string of the molecule is CCOc1ccc(Cc2cc(C3CC(OC(=O)C(C)(C)C)CC(COC(=O)C(C)(C)C)O3)ccc2Cl)cc1. The number of hydrogen-bond donors (Lipinski definition) is 0. The summed E-state index contributed by atoms with van der Waals surface area (Å²) in [5.41, 5.74) is 1.80. The monoisotopic (exact) mass is 544 g/mol. The molecule has 2 aromatic rings. The number of esters is 2. The lowest BCUT2D eigenvalue weighted by Gasteiger charge is -2.36. The second kappa shape index (κ2) is 12.5. The fourth-order valence-corrected chi connectivity index (χ4v) is 4.31. The van der Waals surface area contributed by atoms with Gasteiger partial charge in [-0.3, -0.25) is 9.59 Å². The number of halogens is 1. The molecule has 3 atom stereocenters. The van der Waals surface area contributed by atoms with E-state index in [1.54, 1.807) is 0 Å². The number of carbonyl (C=O) groups is 2. The van der Waals surface area contributed by atoms with Gasteiger partial charge in [0.1, 0.15) is 18.5 Å². The van der Waals surface area contributed by atoms with E-state index in [0.29, 0.717) is 30.9 Å². The summed E-state index contributed by atoms with van der Waals surface area (Å²) in [5.74, 6) is 0.275. The van der Waals surface area contributed by atoms with Gasteiger partial charge in [-0.25, -0.2) is 0 Å². The molecule has 0 N–H and O–H groups in total. The van der Waals surface area contributed by atoms with Gasteiger partial charge in [-0.05, 0) is 89.8 Å². The number of benzene rings is 2. The van der Waals surface area contributed by atoms with Crippen LogP contribution in [0.25, 0.3) is 0 Å². The maximum absolute atomic E-state index is 12.7. The third kappa shape index (κ3) is 8.47. The van der Waals surface area contributed by atoms with Crippen LogP contribution >= 0.6 is 11.6 Å². The predicted octanol–water partition coefficient (Wildman–Crippen LogP) is 7.10. The van der Waals surface area contributed by atoms with Crippen LogP contribution in [-0.2, 0) is 30.2 Å². The highest BCUT2D eigenvalue weighted by atomic mass is 35.5. The first-order valence-corrected chi connectivity index (χ1v) is 13.7. The van der Waals surface area contributed by atoms with E-state index >= 15 is 0 Å². The van der Waals surface area contributed by atoms with E-state index in [9.17, 15) is 9.59 Å². The summed E-state index contributed by atoms with van der Waals surface area (Å²) in [5, 5.41) is 0.671. The lowest BCUT2D eigenvalue weighted by atomic mass is 9.93. The average molecular weight is 545 g/mol. The Kier molecular flexibility index (Phi) is 9.88. The topological polar surface area (TPSA) is 71.1 Å². The van der Waals surface area contributed by atoms with Gasteiger partial charge < -0.3 is 18.9 Å². The number of carbonyl (C=O) groups excluding carboxylic acids is 2. The molecule has 0 spiro atoms. The zero-order valence-corrected chi connectivity index (χ0v) is 24.4. The summed E-state index contributed by atoms with van der Waals surface area (Å²) in [6, 6.07) is 13.9. The van der Waals surface area contributed by atoms with E-state index in [0.717, 1.165) is 22.4 Å². The molecule has 6 nitrogen and oxygen atoms in total. The fraction of sp³-hybridized carbons (Fsp3) is 0.548. The van der Waals surface area contributed by atoms with Gasteiger partial charge in [-0.1, -0.05) is 35.9 Å². The lowest BCUT2D eigenvalue weighted by molar-refractivity contribution is -0.180. The molecule has 0 saturated carbocycles. The molecule has 2 aromatic carbocycles. The molecule has 1 saturated heterocycles.